The molecule has 0 aromatic rings. The highest BCUT2D eigenvalue weighted by atomic mass is 16.5. The molecule has 0 saturated carbocycles. The lowest BCUT2D eigenvalue weighted by Crippen LogP contribution is -2.43. The molecule has 3 N–H and O–H groups in total. The first-order valence-electron chi connectivity index (χ1n) is 5.23. The van der Waals surface area contributed by atoms with Gasteiger partial charge in [0.15, 0.2) is 0 Å². The summed E-state index contributed by atoms with van der Waals surface area (Å²) >= 11 is 0. The van der Waals surface area contributed by atoms with E-state index in [-0.39, 0.29) is 18.5 Å². The lowest BCUT2D eigenvalue weighted by Gasteiger charge is -2.14. The molecule has 16 heavy (non-hydrogen) atoms. The van der Waals surface area contributed by atoms with Crippen LogP contribution in [0.2, 0.25) is 0 Å². The first-order valence-corrected chi connectivity index (χ1v) is 5.23. The van der Waals surface area contributed by atoms with Gasteiger partial charge in [0.05, 0.1) is 25.3 Å². The molecule has 0 radical (unpaired) electrons. The van der Waals surface area contributed by atoms with Crippen LogP contribution in [0, 0.1) is 12.3 Å². The van der Waals surface area contributed by atoms with Gasteiger partial charge in [-0.15, -0.1) is 6.42 Å². The summed E-state index contributed by atoms with van der Waals surface area (Å²) in [7, 11) is 1.53. The average Bonchev–Trinajstić information content (AvgIpc) is 2.26. The van der Waals surface area contributed by atoms with Crippen LogP contribution in [0.5, 0.6) is 0 Å². The predicted molar refractivity (Wildman–Crippen MR) is 61.8 cm³/mol. The smallest absolute Gasteiger partial charge is 0.237 e. The van der Waals surface area contributed by atoms with Crippen LogP contribution >= 0.6 is 0 Å². The zero-order chi connectivity index (χ0) is 12.4. The fourth-order valence-corrected chi connectivity index (χ4v) is 1.13. The molecular weight excluding hydrogens is 208 g/mol. The van der Waals surface area contributed by atoms with Crippen LogP contribution in [0.4, 0.5) is 0 Å². The van der Waals surface area contributed by atoms with Crippen LogP contribution in [0.1, 0.15) is 13.3 Å². The van der Waals surface area contributed by atoms with Gasteiger partial charge in [0.1, 0.15) is 0 Å². The van der Waals surface area contributed by atoms with Crippen molar-refractivity contribution < 1.29 is 14.6 Å². The second kappa shape index (κ2) is 9.16. The molecule has 2 unspecified atom stereocenters. The summed E-state index contributed by atoms with van der Waals surface area (Å²) in [5.74, 6) is 2.19. The number of rotatable bonds is 8. The molecule has 0 rings (SSSR count). The molecule has 0 aromatic heterocycles. The van der Waals surface area contributed by atoms with Crippen LogP contribution in [0.15, 0.2) is 0 Å². The number of carbonyl (C=O) groups excluding carboxylic acids is 1. The Morgan fingerprint density at radius 2 is 2.31 bits per heavy atom. The van der Waals surface area contributed by atoms with Gasteiger partial charge in [-0.1, -0.05) is 5.92 Å². The number of hydrogen-bond donors (Lipinski definition) is 3. The van der Waals surface area contributed by atoms with Gasteiger partial charge in [0.25, 0.3) is 0 Å². The molecular formula is C11H20N2O3. The third-order valence-electron chi connectivity index (χ3n) is 2.05. The minimum atomic E-state index is -0.501. The summed E-state index contributed by atoms with van der Waals surface area (Å²) < 4.78 is 4.78. The van der Waals surface area contributed by atoms with E-state index >= 15 is 0 Å². The Balaban J connectivity index is 3.60. The van der Waals surface area contributed by atoms with Crippen LogP contribution in [-0.2, 0) is 9.53 Å². The van der Waals surface area contributed by atoms with E-state index in [0.29, 0.717) is 19.6 Å². The van der Waals surface area contributed by atoms with Crippen molar-refractivity contribution in [2.75, 3.05) is 26.8 Å². The van der Waals surface area contributed by atoms with E-state index in [1.165, 1.54) is 7.11 Å². The molecule has 0 saturated heterocycles. The molecule has 0 bridgehead atoms. The summed E-state index contributed by atoms with van der Waals surface area (Å²) in [6, 6.07) is -0.317. The molecule has 0 aromatic carbocycles. The predicted octanol–water partition coefficient (Wildman–Crippen LogP) is -0.889. The molecule has 0 aliphatic rings. The molecule has 92 valence electrons. The zero-order valence-corrected chi connectivity index (χ0v) is 9.82. The van der Waals surface area contributed by atoms with Gasteiger partial charge in [0, 0.05) is 7.11 Å². The number of methoxy groups -OCH3 is 1. The molecule has 5 nitrogen and oxygen atoms in total. The Morgan fingerprint density at radius 1 is 1.62 bits per heavy atom. The Morgan fingerprint density at radius 3 is 2.88 bits per heavy atom. The monoisotopic (exact) mass is 228 g/mol. The molecule has 0 fully saturated rings. The van der Waals surface area contributed by atoms with Gasteiger partial charge in [-0.2, -0.15) is 0 Å². The molecule has 5 heteroatoms. The van der Waals surface area contributed by atoms with Gasteiger partial charge in [-0.05, 0) is 19.9 Å². The van der Waals surface area contributed by atoms with E-state index in [1.54, 1.807) is 6.92 Å². The normalized spacial score (nSPS) is 13.9. The number of nitrogens with one attached hydrogen (secondary N) is 2. The Hall–Kier alpha value is -1.09. The molecule has 0 spiro atoms. The first-order chi connectivity index (χ1) is 7.61. The number of aliphatic hydroxyl groups excluding tert-OH is 1. The number of amides is 1. The number of hydrogen-bond acceptors (Lipinski definition) is 4. The van der Waals surface area contributed by atoms with Crippen LogP contribution < -0.4 is 10.6 Å². The molecule has 2 atom stereocenters. The fourth-order valence-electron chi connectivity index (χ4n) is 1.13. The summed E-state index contributed by atoms with van der Waals surface area (Å²) in [4.78, 5) is 11.3. The van der Waals surface area contributed by atoms with Gasteiger partial charge >= 0.3 is 0 Å². The van der Waals surface area contributed by atoms with Crippen molar-refractivity contribution in [3.05, 3.63) is 0 Å². The minimum absolute atomic E-state index is 0.140. The van der Waals surface area contributed by atoms with E-state index in [9.17, 15) is 9.90 Å². The van der Waals surface area contributed by atoms with Crippen LogP contribution in [0.25, 0.3) is 0 Å². The number of aliphatic hydroxyl groups is 1. The lowest BCUT2D eigenvalue weighted by atomic mass is 10.2. The minimum Gasteiger partial charge on any atom is -0.391 e. The van der Waals surface area contributed by atoms with Gasteiger partial charge in [0.2, 0.25) is 5.91 Å². The summed E-state index contributed by atoms with van der Waals surface area (Å²) in [6.07, 6.45) is 5.06. The van der Waals surface area contributed by atoms with Crippen molar-refractivity contribution in [1.82, 2.24) is 10.6 Å². The number of carbonyl (C=O) groups is 1. The van der Waals surface area contributed by atoms with Crippen molar-refractivity contribution in [3.63, 3.8) is 0 Å². The van der Waals surface area contributed by atoms with Crippen molar-refractivity contribution in [1.29, 1.82) is 0 Å². The van der Waals surface area contributed by atoms with E-state index < -0.39 is 6.10 Å². The molecule has 1 amide bonds. The van der Waals surface area contributed by atoms with Gasteiger partial charge < -0.3 is 20.5 Å². The van der Waals surface area contributed by atoms with Crippen LogP contribution in [0.3, 0.4) is 0 Å². The highest BCUT2D eigenvalue weighted by molar-refractivity contribution is 5.81. The maximum atomic E-state index is 11.3. The second-order valence-corrected chi connectivity index (χ2v) is 3.50. The molecule has 0 aliphatic carbocycles. The van der Waals surface area contributed by atoms with Crippen molar-refractivity contribution in [2.24, 2.45) is 0 Å². The Labute approximate surface area is 96.6 Å². The van der Waals surface area contributed by atoms with Crippen molar-refractivity contribution in [2.45, 2.75) is 25.5 Å². The fraction of sp³-hybridized carbons (Fsp3) is 0.727. The Bertz CT molecular complexity index is 238. The maximum absolute atomic E-state index is 11.3. The average molecular weight is 228 g/mol. The second-order valence-electron chi connectivity index (χ2n) is 3.50. The lowest BCUT2D eigenvalue weighted by molar-refractivity contribution is -0.122. The third kappa shape index (κ3) is 7.23. The highest BCUT2D eigenvalue weighted by Crippen LogP contribution is 1.91. The van der Waals surface area contributed by atoms with Gasteiger partial charge in [-0.25, -0.2) is 0 Å². The van der Waals surface area contributed by atoms with E-state index in [1.807, 2.05) is 0 Å². The van der Waals surface area contributed by atoms with E-state index in [0.717, 1.165) is 0 Å². The van der Waals surface area contributed by atoms with Crippen molar-refractivity contribution >= 4 is 5.91 Å². The summed E-state index contributed by atoms with van der Waals surface area (Å²) in [5.41, 5.74) is 0. The summed E-state index contributed by atoms with van der Waals surface area (Å²) in [6.45, 7) is 2.83. The van der Waals surface area contributed by atoms with E-state index in [4.69, 9.17) is 11.2 Å². The first kappa shape index (κ1) is 14.9. The Kier molecular flexibility index (Phi) is 8.53. The summed E-state index contributed by atoms with van der Waals surface area (Å²) in [5, 5.41) is 14.9. The zero-order valence-electron chi connectivity index (χ0n) is 9.82. The SMILES string of the molecule is C#CCNC(=O)C(C)NCCC(O)COC. The molecule has 0 aliphatic heterocycles. The maximum Gasteiger partial charge on any atom is 0.237 e. The van der Waals surface area contributed by atoms with Gasteiger partial charge in [-0.3, -0.25) is 4.79 Å². The van der Waals surface area contributed by atoms with Crippen LogP contribution in [-0.4, -0.2) is 50.0 Å². The van der Waals surface area contributed by atoms with E-state index in [2.05, 4.69) is 16.6 Å². The van der Waals surface area contributed by atoms with Crippen molar-refractivity contribution in [3.8, 4) is 12.3 Å². The highest BCUT2D eigenvalue weighted by Gasteiger charge is 2.11. The largest absolute Gasteiger partial charge is 0.391 e. The topological polar surface area (TPSA) is 70.6 Å². The quantitative estimate of drug-likeness (QED) is 0.471. The standard InChI is InChI=1S/C11H20N2O3/c1-4-6-13-11(15)9(2)12-7-5-10(14)8-16-3/h1,9-10,12,14H,5-8H2,2-3H3,(H,13,15). The number of ether oxygens (including phenoxy) is 1. The molecule has 0 heterocycles. The number of terminal acetylenes is 1. The third-order valence-corrected chi connectivity index (χ3v) is 2.05.